The monoisotopic (exact) mass is 302 g/mol. The number of likely N-dealkylation sites (N-methyl/N-ethyl adjacent to an activating group) is 1. The largest absolute Gasteiger partial charge is 0.299 e. The predicted molar refractivity (Wildman–Crippen MR) is 87.4 cm³/mol. The second-order valence-electron chi connectivity index (χ2n) is 5.37. The maximum atomic E-state index is 4.44. The zero-order chi connectivity index (χ0) is 15.2. The SMILES string of the molecule is CSc1ncc(CN(C)[C@H](C)Cc2cc(C)ccn2)cn1. The Hall–Kier alpha value is -1.46. The van der Waals surface area contributed by atoms with Gasteiger partial charge in [-0.3, -0.25) is 9.88 Å². The smallest absolute Gasteiger partial charge is 0.187 e. The number of hydrogen-bond acceptors (Lipinski definition) is 5. The molecule has 2 aromatic heterocycles. The summed E-state index contributed by atoms with van der Waals surface area (Å²) in [4.78, 5) is 15.4. The van der Waals surface area contributed by atoms with Gasteiger partial charge < -0.3 is 0 Å². The van der Waals surface area contributed by atoms with Crippen molar-refractivity contribution in [1.82, 2.24) is 19.9 Å². The first-order valence-electron chi connectivity index (χ1n) is 7.05. The maximum Gasteiger partial charge on any atom is 0.187 e. The summed E-state index contributed by atoms with van der Waals surface area (Å²) in [7, 11) is 2.13. The Labute approximate surface area is 131 Å². The molecule has 0 aromatic carbocycles. The van der Waals surface area contributed by atoms with Gasteiger partial charge in [-0.2, -0.15) is 0 Å². The van der Waals surface area contributed by atoms with Gasteiger partial charge in [0.05, 0.1) is 0 Å². The van der Waals surface area contributed by atoms with E-state index >= 15 is 0 Å². The van der Waals surface area contributed by atoms with Crippen LogP contribution in [0.4, 0.5) is 0 Å². The maximum absolute atomic E-state index is 4.44. The van der Waals surface area contributed by atoms with E-state index in [0.29, 0.717) is 6.04 Å². The molecule has 2 heterocycles. The number of pyridine rings is 1. The number of aromatic nitrogens is 3. The van der Waals surface area contributed by atoms with Crippen molar-refractivity contribution in [3.05, 3.63) is 47.5 Å². The topological polar surface area (TPSA) is 41.9 Å². The van der Waals surface area contributed by atoms with Crippen LogP contribution in [0.25, 0.3) is 0 Å². The van der Waals surface area contributed by atoms with Crippen molar-refractivity contribution in [3.63, 3.8) is 0 Å². The van der Waals surface area contributed by atoms with E-state index in [1.165, 1.54) is 5.56 Å². The van der Waals surface area contributed by atoms with Crippen molar-refractivity contribution >= 4 is 11.8 Å². The van der Waals surface area contributed by atoms with E-state index in [2.05, 4.69) is 46.8 Å². The molecule has 2 rings (SSSR count). The lowest BCUT2D eigenvalue weighted by molar-refractivity contribution is 0.246. The van der Waals surface area contributed by atoms with Crippen molar-refractivity contribution in [2.75, 3.05) is 13.3 Å². The third kappa shape index (κ3) is 4.79. The van der Waals surface area contributed by atoms with Crippen molar-refractivity contribution < 1.29 is 0 Å². The Morgan fingerprint density at radius 2 is 1.95 bits per heavy atom. The van der Waals surface area contributed by atoms with E-state index in [1.54, 1.807) is 11.8 Å². The van der Waals surface area contributed by atoms with Gasteiger partial charge in [0.1, 0.15) is 0 Å². The minimum absolute atomic E-state index is 0.416. The van der Waals surface area contributed by atoms with E-state index in [4.69, 9.17) is 0 Å². The molecule has 5 heteroatoms. The molecule has 0 amide bonds. The highest BCUT2D eigenvalue weighted by Gasteiger charge is 2.12. The molecule has 0 bridgehead atoms. The highest BCUT2D eigenvalue weighted by atomic mass is 32.2. The summed E-state index contributed by atoms with van der Waals surface area (Å²) < 4.78 is 0. The number of thioether (sulfide) groups is 1. The molecule has 0 radical (unpaired) electrons. The van der Waals surface area contributed by atoms with Gasteiger partial charge in [-0.25, -0.2) is 9.97 Å². The standard InChI is InChI=1S/C16H22N4S/c1-12-5-6-17-15(7-12)8-13(2)20(3)11-14-9-18-16(21-4)19-10-14/h5-7,9-10,13H,8,11H2,1-4H3/t13-/m1/s1. The zero-order valence-electron chi connectivity index (χ0n) is 13.1. The van der Waals surface area contributed by atoms with Crippen molar-refractivity contribution in [2.24, 2.45) is 0 Å². The molecule has 1 atom stereocenters. The van der Waals surface area contributed by atoms with Crippen LogP contribution in [0.1, 0.15) is 23.7 Å². The normalized spacial score (nSPS) is 12.6. The molecule has 21 heavy (non-hydrogen) atoms. The number of hydrogen-bond donors (Lipinski definition) is 0. The van der Waals surface area contributed by atoms with Gasteiger partial charge in [0.15, 0.2) is 5.16 Å². The molecule has 0 fully saturated rings. The molecule has 0 aliphatic rings. The van der Waals surface area contributed by atoms with Gasteiger partial charge in [0, 0.05) is 48.9 Å². The van der Waals surface area contributed by atoms with Gasteiger partial charge in [-0.05, 0) is 44.8 Å². The van der Waals surface area contributed by atoms with Gasteiger partial charge in [0.25, 0.3) is 0 Å². The number of nitrogens with zero attached hydrogens (tertiary/aromatic N) is 4. The first-order chi connectivity index (χ1) is 10.1. The Kier molecular flexibility index (Phi) is 5.70. The third-order valence-corrected chi connectivity index (χ3v) is 4.10. The van der Waals surface area contributed by atoms with Crippen molar-refractivity contribution in [3.8, 4) is 0 Å². The molecule has 0 aliphatic carbocycles. The first kappa shape index (κ1) is 15.9. The van der Waals surface area contributed by atoms with Crippen LogP contribution in [0.5, 0.6) is 0 Å². The van der Waals surface area contributed by atoms with Crippen LogP contribution in [0.15, 0.2) is 35.9 Å². The summed E-state index contributed by atoms with van der Waals surface area (Å²) in [5.41, 5.74) is 3.54. The van der Waals surface area contributed by atoms with E-state index in [1.807, 2.05) is 30.9 Å². The fourth-order valence-electron chi connectivity index (χ4n) is 2.14. The molecular formula is C16H22N4S. The summed E-state index contributed by atoms with van der Waals surface area (Å²) in [5.74, 6) is 0. The second kappa shape index (κ2) is 7.52. The van der Waals surface area contributed by atoms with Crippen LogP contribution in [0, 0.1) is 6.92 Å². The number of rotatable bonds is 6. The summed E-state index contributed by atoms with van der Waals surface area (Å²) in [6.07, 6.45) is 8.63. The highest BCUT2D eigenvalue weighted by Crippen LogP contribution is 2.12. The summed E-state index contributed by atoms with van der Waals surface area (Å²) in [5, 5.41) is 0.818. The van der Waals surface area contributed by atoms with Crippen molar-refractivity contribution in [1.29, 1.82) is 0 Å². The van der Waals surface area contributed by atoms with E-state index < -0.39 is 0 Å². The number of aryl methyl sites for hydroxylation is 1. The van der Waals surface area contributed by atoms with Gasteiger partial charge in [0.2, 0.25) is 0 Å². The Balaban J connectivity index is 1.93. The van der Waals surface area contributed by atoms with Crippen LogP contribution in [-0.4, -0.2) is 39.2 Å². The zero-order valence-corrected chi connectivity index (χ0v) is 13.9. The fourth-order valence-corrected chi connectivity index (χ4v) is 2.46. The highest BCUT2D eigenvalue weighted by molar-refractivity contribution is 7.98. The molecular weight excluding hydrogens is 280 g/mol. The Bertz CT molecular complexity index is 571. The predicted octanol–water partition coefficient (Wildman–Crippen LogP) is 2.96. The quantitative estimate of drug-likeness (QED) is 0.606. The summed E-state index contributed by atoms with van der Waals surface area (Å²) in [6, 6.07) is 4.60. The van der Waals surface area contributed by atoms with Gasteiger partial charge in [-0.15, -0.1) is 0 Å². The molecule has 0 unspecified atom stereocenters. The lowest BCUT2D eigenvalue weighted by atomic mass is 10.1. The lowest BCUT2D eigenvalue weighted by Gasteiger charge is -2.24. The first-order valence-corrected chi connectivity index (χ1v) is 8.27. The molecule has 4 nitrogen and oxygen atoms in total. The molecule has 0 saturated carbocycles. The van der Waals surface area contributed by atoms with Crippen LogP contribution >= 0.6 is 11.8 Å². The van der Waals surface area contributed by atoms with Crippen LogP contribution in [0.3, 0.4) is 0 Å². The lowest BCUT2D eigenvalue weighted by Crippen LogP contribution is -2.30. The Morgan fingerprint density at radius 3 is 2.57 bits per heavy atom. The van der Waals surface area contributed by atoms with E-state index in [9.17, 15) is 0 Å². The van der Waals surface area contributed by atoms with Gasteiger partial charge >= 0.3 is 0 Å². The van der Waals surface area contributed by atoms with Gasteiger partial charge in [-0.1, -0.05) is 11.8 Å². The molecule has 0 saturated heterocycles. The average molecular weight is 302 g/mol. The van der Waals surface area contributed by atoms with Crippen LogP contribution in [0.2, 0.25) is 0 Å². The van der Waals surface area contributed by atoms with Crippen molar-refractivity contribution in [2.45, 2.75) is 38.0 Å². The third-order valence-electron chi connectivity index (χ3n) is 3.53. The minimum atomic E-state index is 0.416. The van der Waals surface area contributed by atoms with E-state index in [-0.39, 0.29) is 0 Å². The van der Waals surface area contributed by atoms with Crippen LogP contribution in [-0.2, 0) is 13.0 Å². The fraction of sp³-hybridized carbons (Fsp3) is 0.438. The summed E-state index contributed by atoms with van der Waals surface area (Å²) in [6.45, 7) is 5.17. The minimum Gasteiger partial charge on any atom is -0.299 e. The molecule has 112 valence electrons. The molecule has 0 N–H and O–H groups in total. The second-order valence-corrected chi connectivity index (χ2v) is 6.14. The van der Waals surface area contributed by atoms with Crippen LogP contribution < -0.4 is 0 Å². The molecule has 2 aromatic rings. The van der Waals surface area contributed by atoms with E-state index in [0.717, 1.165) is 29.4 Å². The molecule has 0 aliphatic heterocycles. The Morgan fingerprint density at radius 1 is 1.24 bits per heavy atom. The summed E-state index contributed by atoms with van der Waals surface area (Å²) >= 11 is 1.56. The molecule has 0 spiro atoms. The average Bonchev–Trinajstić information content (AvgIpc) is 2.48.